The topological polar surface area (TPSA) is 29.5 Å². The molecule has 106 valence electrons. The predicted octanol–water partition coefficient (Wildman–Crippen LogP) is 3.93. The molecule has 1 fully saturated rings. The zero-order chi connectivity index (χ0) is 13.7. The molecule has 1 rings (SSSR count). The molecule has 1 saturated carbocycles. The van der Waals surface area contributed by atoms with Crippen LogP contribution in [0, 0.1) is 17.8 Å². The molecule has 1 aliphatic rings. The predicted molar refractivity (Wildman–Crippen MR) is 74.5 cm³/mol. The second-order valence-electron chi connectivity index (χ2n) is 5.92. The van der Waals surface area contributed by atoms with Crippen LogP contribution in [0.1, 0.15) is 53.9 Å². The molecule has 0 spiro atoms. The van der Waals surface area contributed by atoms with Crippen LogP contribution < -0.4 is 0 Å². The summed E-state index contributed by atoms with van der Waals surface area (Å²) in [5.41, 5.74) is 0. The Labute approximate surface area is 112 Å². The molecule has 3 atom stereocenters. The van der Waals surface area contributed by atoms with Crippen molar-refractivity contribution in [1.82, 2.24) is 4.90 Å². The van der Waals surface area contributed by atoms with Gasteiger partial charge >= 0.3 is 6.09 Å². The quantitative estimate of drug-likeness (QED) is 0.762. The van der Waals surface area contributed by atoms with E-state index in [2.05, 4.69) is 20.8 Å². The van der Waals surface area contributed by atoms with Crippen LogP contribution in [0.25, 0.3) is 0 Å². The number of ether oxygens (including phenoxy) is 1. The van der Waals surface area contributed by atoms with E-state index in [1.165, 1.54) is 12.8 Å². The molecule has 0 bridgehead atoms. The van der Waals surface area contributed by atoms with Gasteiger partial charge in [0.05, 0.1) is 0 Å². The molecule has 0 radical (unpaired) electrons. The highest BCUT2D eigenvalue weighted by Gasteiger charge is 2.34. The van der Waals surface area contributed by atoms with Gasteiger partial charge in [-0.05, 0) is 44.4 Å². The fourth-order valence-corrected chi connectivity index (χ4v) is 2.94. The van der Waals surface area contributed by atoms with Gasteiger partial charge in [-0.1, -0.05) is 27.2 Å². The zero-order valence-corrected chi connectivity index (χ0v) is 12.6. The third-order valence-corrected chi connectivity index (χ3v) is 4.24. The summed E-state index contributed by atoms with van der Waals surface area (Å²) in [6.07, 6.45) is 3.46. The molecule has 1 amide bonds. The van der Waals surface area contributed by atoms with Crippen molar-refractivity contribution in [3.05, 3.63) is 0 Å². The minimum absolute atomic E-state index is 0.113. The van der Waals surface area contributed by atoms with Crippen LogP contribution in [0.15, 0.2) is 0 Å². The van der Waals surface area contributed by atoms with E-state index in [1.54, 1.807) is 4.90 Å². The van der Waals surface area contributed by atoms with E-state index in [9.17, 15) is 4.79 Å². The van der Waals surface area contributed by atoms with Crippen LogP contribution in [-0.2, 0) is 4.74 Å². The van der Waals surface area contributed by atoms with Crippen LogP contribution >= 0.6 is 0 Å². The molecular weight excluding hydrogens is 226 g/mol. The van der Waals surface area contributed by atoms with Gasteiger partial charge in [0, 0.05) is 13.1 Å². The van der Waals surface area contributed by atoms with Crippen molar-refractivity contribution >= 4 is 6.09 Å². The normalized spacial score (nSPS) is 28.2. The Morgan fingerprint density at radius 1 is 1.28 bits per heavy atom. The minimum Gasteiger partial charge on any atom is -0.446 e. The summed E-state index contributed by atoms with van der Waals surface area (Å²) < 4.78 is 5.77. The summed E-state index contributed by atoms with van der Waals surface area (Å²) >= 11 is 0. The van der Waals surface area contributed by atoms with E-state index in [0.29, 0.717) is 17.8 Å². The van der Waals surface area contributed by atoms with Crippen molar-refractivity contribution in [2.75, 3.05) is 13.1 Å². The van der Waals surface area contributed by atoms with Gasteiger partial charge < -0.3 is 9.64 Å². The molecule has 18 heavy (non-hydrogen) atoms. The first-order chi connectivity index (χ1) is 8.49. The fraction of sp³-hybridized carbons (Fsp3) is 0.933. The first-order valence-electron chi connectivity index (χ1n) is 7.45. The highest BCUT2D eigenvalue weighted by molar-refractivity contribution is 5.67. The maximum absolute atomic E-state index is 12.1. The average Bonchev–Trinajstić information content (AvgIpc) is 2.30. The Kier molecular flexibility index (Phi) is 5.97. The average molecular weight is 255 g/mol. The van der Waals surface area contributed by atoms with Gasteiger partial charge in [0.15, 0.2) is 0 Å². The lowest BCUT2D eigenvalue weighted by Gasteiger charge is -2.37. The van der Waals surface area contributed by atoms with Gasteiger partial charge in [-0.3, -0.25) is 0 Å². The summed E-state index contributed by atoms with van der Waals surface area (Å²) in [6, 6.07) is 0. The van der Waals surface area contributed by atoms with Crippen molar-refractivity contribution in [2.45, 2.75) is 60.0 Å². The maximum Gasteiger partial charge on any atom is 0.410 e. The summed E-state index contributed by atoms with van der Waals surface area (Å²) in [5, 5.41) is 0. The van der Waals surface area contributed by atoms with Crippen LogP contribution in [0.4, 0.5) is 4.79 Å². The number of hydrogen-bond acceptors (Lipinski definition) is 2. The molecule has 0 heterocycles. The Balaban J connectivity index is 2.63. The number of hydrogen-bond donors (Lipinski definition) is 0. The summed E-state index contributed by atoms with van der Waals surface area (Å²) in [7, 11) is 0. The van der Waals surface area contributed by atoms with Crippen LogP contribution in [0.2, 0.25) is 0 Å². The number of carbonyl (C=O) groups is 1. The van der Waals surface area contributed by atoms with E-state index in [1.807, 2.05) is 13.8 Å². The molecule has 3 nitrogen and oxygen atoms in total. The molecule has 0 aromatic carbocycles. The largest absolute Gasteiger partial charge is 0.446 e. The third-order valence-electron chi connectivity index (χ3n) is 4.24. The van der Waals surface area contributed by atoms with Gasteiger partial charge in [0.25, 0.3) is 0 Å². The van der Waals surface area contributed by atoms with Crippen molar-refractivity contribution in [1.29, 1.82) is 0 Å². The molecule has 3 heteroatoms. The summed E-state index contributed by atoms with van der Waals surface area (Å²) in [4.78, 5) is 13.8. The van der Waals surface area contributed by atoms with E-state index in [-0.39, 0.29) is 12.2 Å². The van der Waals surface area contributed by atoms with Gasteiger partial charge in [0.2, 0.25) is 0 Å². The highest BCUT2D eigenvalue weighted by Crippen LogP contribution is 2.35. The highest BCUT2D eigenvalue weighted by atomic mass is 16.6. The van der Waals surface area contributed by atoms with Crippen LogP contribution in [0.5, 0.6) is 0 Å². The van der Waals surface area contributed by atoms with E-state index < -0.39 is 0 Å². The van der Waals surface area contributed by atoms with E-state index >= 15 is 0 Å². The fourth-order valence-electron chi connectivity index (χ4n) is 2.94. The molecule has 0 unspecified atom stereocenters. The SMILES string of the molecule is CCN(CC)C(=O)O[C@H]1C[C@H](C)CC[C@@H]1C(C)C. The first-order valence-corrected chi connectivity index (χ1v) is 7.45. The minimum atomic E-state index is -0.134. The standard InChI is InChI=1S/C15H29NO2/c1-6-16(7-2)15(17)18-14-10-12(5)8-9-13(14)11(3)4/h11-14H,6-10H2,1-5H3/t12-,13-,14+/m1/s1. The second-order valence-corrected chi connectivity index (χ2v) is 5.92. The first kappa shape index (κ1) is 15.3. The van der Waals surface area contributed by atoms with Crippen molar-refractivity contribution < 1.29 is 9.53 Å². The molecule has 0 aromatic rings. The summed E-state index contributed by atoms with van der Waals surface area (Å²) in [5.74, 6) is 1.79. The summed E-state index contributed by atoms with van der Waals surface area (Å²) in [6.45, 7) is 12.2. The molecule has 0 N–H and O–H groups in total. The molecular formula is C15H29NO2. The molecule has 0 aromatic heterocycles. The van der Waals surface area contributed by atoms with Crippen molar-refractivity contribution in [3.8, 4) is 0 Å². The third kappa shape index (κ3) is 3.89. The Bertz CT molecular complexity index is 261. The number of nitrogens with zero attached hydrogens (tertiary/aromatic N) is 1. The maximum atomic E-state index is 12.1. The molecule has 1 aliphatic carbocycles. The monoisotopic (exact) mass is 255 g/mol. The van der Waals surface area contributed by atoms with Gasteiger partial charge in [-0.25, -0.2) is 4.79 Å². The Hall–Kier alpha value is -0.730. The van der Waals surface area contributed by atoms with Crippen molar-refractivity contribution in [2.24, 2.45) is 17.8 Å². The smallest absolute Gasteiger partial charge is 0.410 e. The van der Waals surface area contributed by atoms with Gasteiger partial charge in [0.1, 0.15) is 6.10 Å². The molecule has 0 aliphatic heterocycles. The van der Waals surface area contributed by atoms with Crippen molar-refractivity contribution in [3.63, 3.8) is 0 Å². The lowest BCUT2D eigenvalue weighted by atomic mass is 9.75. The van der Waals surface area contributed by atoms with Gasteiger partial charge in [-0.2, -0.15) is 0 Å². The zero-order valence-electron chi connectivity index (χ0n) is 12.6. The lowest BCUT2D eigenvalue weighted by Crippen LogP contribution is -2.40. The number of carbonyl (C=O) groups excluding carboxylic acids is 1. The number of amides is 1. The van der Waals surface area contributed by atoms with Crippen LogP contribution in [-0.4, -0.2) is 30.2 Å². The van der Waals surface area contributed by atoms with Gasteiger partial charge in [-0.15, -0.1) is 0 Å². The number of rotatable bonds is 4. The Morgan fingerprint density at radius 2 is 1.89 bits per heavy atom. The van der Waals surface area contributed by atoms with E-state index in [0.717, 1.165) is 19.5 Å². The second kappa shape index (κ2) is 7.01. The Morgan fingerprint density at radius 3 is 2.39 bits per heavy atom. The van der Waals surface area contributed by atoms with Crippen LogP contribution in [0.3, 0.4) is 0 Å². The molecule has 0 saturated heterocycles. The lowest BCUT2D eigenvalue weighted by molar-refractivity contribution is -0.00908. The van der Waals surface area contributed by atoms with E-state index in [4.69, 9.17) is 4.74 Å².